The van der Waals surface area contributed by atoms with Crippen LogP contribution in [0.2, 0.25) is 0 Å². The second kappa shape index (κ2) is 3.26. The van der Waals surface area contributed by atoms with Gasteiger partial charge >= 0.3 is 11.9 Å². The van der Waals surface area contributed by atoms with Crippen LogP contribution in [0.15, 0.2) is 22.7 Å². The molecule has 0 saturated heterocycles. The molecule has 0 unspecified atom stereocenters. The Hall–Kier alpha value is -1.98. The van der Waals surface area contributed by atoms with E-state index >= 15 is 0 Å². The van der Waals surface area contributed by atoms with Crippen molar-refractivity contribution in [2.24, 2.45) is 0 Å². The maximum atomic E-state index is 13.0. The molecule has 0 spiro atoms. The molecule has 2 rings (SSSR count). The number of hydrogen-bond acceptors (Lipinski definition) is 3. The predicted molar refractivity (Wildman–Crippen MR) is 50.5 cm³/mol. The van der Waals surface area contributed by atoms with Crippen LogP contribution in [-0.4, -0.2) is 16.1 Å². The van der Waals surface area contributed by atoms with Crippen molar-refractivity contribution in [3.8, 4) is 0 Å². The van der Waals surface area contributed by atoms with Crippen LogP contribution < -0.4 is 0 Å². The van der Waals surface area contributed by atoms with Gasteiger partial charge in [-0.15, -0.1) is 0 Å². The van der Waals surface area contributed by atoms with Gasteiger partial charge in [0.1, 0.15) is 11.1 Å². The van der Waals surface area contributed by atoms with E-state index in [4.69, 9.17) is 9.52 Å². The summed E-state index contributed by atoms with van der Waals surface area (Å²) >= 11 is 0. The van der Waals surface area contributed by atoms with Crippen LogP contribution in [0.4, 0.5) is 8.78 Å². The highest BCUT2D eigenvalue weighted by Gasteiger charge is 2.30. The highest BCUT2D eigenvalue weighted by Crippen LogP contribution is 2.32. The average Bonchev–Trinajstić information content (AvgIpc) is 2.59. The van der Waals surface area contributed by atoms with Gasteiger partial charge < -0.3 is 9.52 Å². The number of furan rings is 1. The molecular formula is C10H7F2NO3. The van der Waals surface area contributed by atoms with E-state index in [0.717, 1.165) is 6.07 Å². The number of carboxylic acids is 1. The Kier molecular flexibility index (Phi) is 2.15. The maximum absolute atomic E-state index is 13.0. The third-order valence-electron chi connectivity index (χ3n) is 2.07. The van der Waals surface area contributed by atoms with Crippen LogP contribution in [0, 0.1) is 0 Å². The van der Waals surface area contributed by atoms with Gasteiger partial charge in [0.2, 0.25) is 0 Å². The maximum Gasteiger partial charge on any atom is 0.339 e. The van der Waals surface area contributed by atoms with Crippen molar-refractivity contribution in [1.29, 1.82) is 0 Å². The van der Waals surface area contributed by atoms with Crippen LogP contribution in [0.5, 0.6) is 0 Å². The number of alkyl halides is 2. The molecule has 0 amide bonds. The van der Waals surface area contributed by atoms with Gasteiger partial charge in [-0.25, -0.2) is 4.79 Å². The zero-order chi connectivity index (χ0) is 11.9. The zero-order valence-electron chi connectivity index (χ0n) is 8.20. The lowest BCUT2D eigenvalue weighted by Gasteiger charge is -2.04. The van der Waals surface area contributed by atoms with Gasteiger partial charge in [-0.3, -0.25) is 4.98 Å². The lowest BCUT2D eigenvalue weighted by molar-refractivity contribution is -0.00392. The second-order valence-electron chi connectivity index (χ2n) is 3.38. The molecule has 0 atom stereocenters. The van der Waals surface area contributed by atoms with Gasteiger partial charge in [0.05, 0.1) is 0 Å². The fourth-order valence-electron chi connectivity index (χ4n) is 1.32. The number of carboxylic acid groups (broad SMARTS) is 1. The Morgan fingerprint density at radius 3 is 2.81 bits per heavy atom. The predicted octanol–water partition coefficient (Wildman–Crippen LogP) is 2.64. The first kappa shape index (κ1) is 10.5. The lowest BCUT2D eigenvalue weighted by atomic mass is 10.2. The van der Waals surface area contributed by atoms with Crippen molar-refractivity contribution in [2.75, 3.05) is 0 Å². The summed E-state index contributed by atoms with van der Waals surface area (Å²) in [6.45, 7) is 0.672. The first-order valence-electron chi connectivity index (χ1n) is 4.40. The van der Waals surface area contributed by atoms with Gasteiger partial charge in [-0.05, 0) is 6.07 Å². The van der Waals surface area contributed by atoms with Gasteiger partial charge in [0, 0.05) is 19.2 Å². The van der Waals surface area contributed by atoms with Crippen LogP contribution in [0.25, 0.3) is 11.1 Å². The molecule has 0 bridgehead atoms. The first-order valence-corrected chi connectivity index (χ1v) is 4.40. The van der Waals surface area contributed by atoms with Crippen LogP contribution >= 0.6 is 0 Å². The summed E-state index contributed by atoms with van der Waals surface area (Å²) in [6.07, 6.45) is 1.24. The van der Waals surface area contributed by atoms with E-state index in [1.54, 1.807) is 0 Å². The van der Waals surface area contributed by atoms with Crippen molar-refractivity contribution in [2.45, 2.75) is 12.8 Å². The van der Waals surface area contributed by atoms with Crippen molar-refractivity contribution >= 4 is 17.1 Å². The molecule has 1 N–H and O–H groups in total. The zero-order valence-corrected chi connectivity index (χ0v) is 8.20. The topological polar surface area (TPSA) is 63.3 Å². The molecule has 0 radical (unpaired) electrons. The number of halogens is 2. The average molecular weight is 227 g/mol. The van der Waals surface area contributed by atoms with Gasteiger partial charge in [0.15, 0.2) is 11.3 Å². The molecule has 2 heterocycles. The van der Waals surface area contributed by atoms with Crippen LogP contribution in [-0.2, 0) is 5.92 Å². The fourth-order valence-corrected chi connectivity index (χ4v) is 1.32. The number of pyridine rings is 1. The normalized spacial score (nSPS) is 11.9. The molecule has 0 fully saturated rings. The molecule has 84 valence electrons. The summed E-state index contributed by atoms with van der Waals surface area (Å²) in [5.74, 6) is -4.99. The largest absolute Gasteiger partial charge is 0.478 e. The third kappa shape index (κ3) is 1.62. The van der Waals surface area contributed by atoms with Crippen LogP contribution in [0.1, 0.15) is 23.0 Å². The van der Waals surface area contributed by atoms with E-state index in [1.165, 1.54) is 12.3 Å². The molecule has 0 aliphatic rings. The Morgan fingerprint density at radius 2 is 2.25 bits per heavy atom. The Labute approximate surface area is 88.5 Å². The summed E-state index contributed by atoms with van der Waals surface area (Å²) in [4.78, 5) is 14.6. The molecule has 0 saturated carbocycles. The highest BCUT2D eigenvalue weighted by molar-refractivity contribution is 5.99. The number of hydrogen-bond donors (Lipinski definition) is 1. The number of rotatable bonds is 2. The molecule has 2 aromatic rings. The number of carbonyl (C=O) groups is 1. The standard InChI is InChI=1S/C10H7F2NO3/c1-10(11,12)7-4-6-8(16-7)5(9(14)15)2-3-13-6/h2-4H,1H3,(H,14,15). The van der Waals surface area contributed by atoms with E-state index in [-0.39, 0.29) is 16.7 Å². The highest BCUT2D eigenvalue weighted by atomic mass is 19.3. The minimum atomic E-state index is -3.16. The Morgan fingerprint density at radius 1 is 1.56 bits per heavy atom. The van der Waals surface area contributed by atoms with E-state index < -0.39 is 17.7 Å². The number of aromatic carboxylic acids is 1. The molecule has 0 aliphatic carbocycles. The quantitative estimate of drug-likeness (QED) is 0.856. The Balaban J connectivity index is 2.71. The molecule has 4 nitrogen and oxygen atoms in total. The summed E-state index contributed by atoms with van der Waals surface area (Å²) < 4.78 is 30.7. The summed E-state index contributed by atoms with van der Waals surface area (Å²) in [6, 6.07) is 2.24. The van der Waals surface area contributed by atoms with E-state index in [1.807, 2.05) is 0 Å². The van der Waals surface area contributed by atoms with Gasteiger partial charge in [-0.1, -0.05) is 0 Å². The smallest absolute Gasteiger partial charge is 0.339 e. The second-order valence-corrected chi connectivity index (χ2v) is 3.38. The molecule has 6 heteroatoms. The van der Waals surface area contributed by atoms with E-state index in [0.29, 0.717) is 6.92 Å². The van der Waals surface area contributed by atoms with Gasteiger partial charge in [-0.2, -0.15) is 8.78 Å². The molecular weight excluding hydrogens is 220 g/mol. The minimum absolute atomic E-state index is 0.108. The van der Waals surface area contributed by atoms with E-state index in [9.17, 15) is 13.6 Å². The molecule has 0 aliphatic heterocycles. The lowest BCUT2D eigenvalue weighted by Crippen LogP contribution is -2.04. The summed E-state index contributed by atoms with van der Waals surface area (Å²) in [5.41, 5.74) is -0.205. The van der Waals surface area contributed by atoms with Crippen molar-refractivity contribution in [3.05, 3.63) is 29.7 Å². The van der Waals surface area contributed by atoms with E-state index in [2.05, 4.69) is 4.98 Å². The SMILES string of the molecule is CC(F)(F)c1cc2nccc(C(=O)O)c2o1. The number of fused-ring (bicyclic) bond motifs is 1. The minimum Gasteiger partial charge on any atom is -0.478 e. The molecule has 0 aromatic carbocycles. The van der Waals surface area contributed by atoms with Crippen molar-refractivity contribution in [3.63, 3.8) is 0 Å². The molecule has 16 heavy (non-hydrogen) atoms. The Bertz CT molecular complexity index is 557. The number of aromatic nitrogens is 1. The van der Waals surface area contributed by atoms with Crippen molar-refractivity contribution in [1.82, 2.24) is 4.98 Å². The fraction of sp³-hybridized carbons (Fsp3) is 0.200. The van der Waals surface area contributed by atoms with Crippen LogP contribution in [0.3, 0.4) is 0 Å². The monoisotopic (exact) mass is 227 g/mol. The third-order valence-corrected chi connectivity index (χ3v) is 2.07. The number of nitrogens with zero attached hydrogens (tertiary/aromatic N) is 1. The first-order chi connectivity index (χ1) is 7.39. The summed E-state index contributed by atoms with van der Waals surface area (Å²) in [5, 5.41) is 8.82. The van der Waals surface area contributed by atoms with Gasteiger partial charge in [0.25, 0.3) is 0 Å². The molecule has 2 aromatic heterocycles. The summed E-state index contributed by atoms with van der Waals surface area (Å²) in [7, 11) is 0. The van der Waals surface area contributed by atoms with Crippen molar-refractivity contribution < 1.29 is 23.1 Å².